The van der Waals surface area contributed by atoms with Crippen LogP contribution in [0.4, 0.5) is 5.69 Å². The van der Waals surface area contributed by atoms with Crippen molar-refractivity contribution in [2.45, 2.75) is 26.4 Å². The maximum absolute atomic E-state index is 12.5. The van der Waals surface area contributed by atoms with Gasteiger partial charge in [-0.3, -0.25) is 14.5 Å². The number of Topliss-reactive ketones (excluding diaryl/α,β-unsaturated/α-hetero) is 1. The van der Waals surface area contributed by atoms with E-state index in [0.29, 0.717) is 27.8 Å². The van der Waals surface area contributed by atoms with E-state index in [1.807, 2.05) is 24.9 Å². The van der Waals surface area contributed by atoms with Crippen molar-refractivity contribution in [3.63, 3.8) is 0 Å². The number of benzene rings is 2. The van der Waals surface area contributed by atoms with Gasteiger partial charge in [0.2, 0.25) is 5.91 Å². The summed E-state index contributed by atoms with van der Waals surface area (Å²) in [7, 11) is 1.85. The van der Waals surface area contributed by atoms with Crippen molar-refractivity contribution in [2.24, 2.45) is 0 Å². The highest BCUT2D eigenvalue weighted by atomic mass is 35.5. The summed E-state index contributed by atoms with van der Waals surface area (Å²) in [5, 5.41) is 3.99. The molecule has 0 aliphatic carbocycles. The van der Waals surface area contributed by atoms with Crippen LogP contribution in [-0.4, -0.2) is 29.7 Å². The van der Waals surface area contributed by atoms with Gasteiger partial charge < -0.3 is 5.32 Å². The lowest BCUT2D eigenvalue weighted by Crippen LogP contribution is -2.39. The molecule has 0 saturated heterocycles. The molecular formula is C19H20Cl2N2O2. The number of amides is 1. The predicted molar refractivity (Wildman–Crippen MR) is 102 cm³/mol. The standard InChI is InChI=1S/C19H20Cl2N2O2/c1-12(23(3)11-15-7-8-16(20)10-18(15)21)19(25)22-17-6-4-5-14(9-17)13(2)24/h4-10,12H,11H2,1-3H3,(H,22,25)/t12-/m0/s1. The molecule has 0 aliphatic rings. The van der Waals surface area contributed by atoms with Crippen molar-refractivity contribution < 1.29 is 9.59 Å². The van der Waals surface area contributed by atoms with E-state index >= 15 is 0 Å². The number of carbonyl (C=O) groups excluding carboxylic acids is 2. The molecule has 1 atom stereocenters. The number of nitrogens with one attached hydrogen (secondary N) is 1. The summed E-state index contributed by atoms with van der Waals surface area (Å²) in [5.41, 5.74) is 2.06. The van der Waals surface area contributed by atoms with E-state index in [0.717, 1.165) is 5.56 Å². The van der Waals surface area contributed by atoms with Crippen LogP contribution in [0.5, 0.6) is 0 Å². The van der Waals surface area contributed by atoms with Crippen molar-refractivity contribution in [1.82, 2.24) is 4.90 Å². The highest BCUT2D eigenvalue weighted by Crippen LogP contribution is 2.22. The Morgan fingerprint density at radius 2 is 1.88 bits per heavy atom. The van der Waals surface area contributed by atoms with Gasteiger partial charge in [0, 0.05) is 27.8 Å². The van der Waals surface area contributed by atoms with Gasteiger partial charge in [-0.05, 0) is 50.7 Å². The highest BCUT2D eigenvalue weighted by Gasteiger charge is 2.19. The lowest BCUT2D eigenvalue weighted by atomic mass is 10.1. The summed E-state index contributed by atoms with van der Waals surface area (Å²) in [5.74, 6) is -0.202. The Labute approximate surface area is 157 Å². The number of rotatable bonds is 6. The second-order valence-corrected chi connectivity index (χ2v) is 6.80. The van der Waals surface area contributed by atoms with Crippen LogP contribution in [0.1, 0.15) is 29.8 Å². The van der Waals surface area contributed by atoms with Gasteiger partial charge in [0.15, 0.2) is 5.78 Å². The third-order valence-corrected chi connectivity index (χ3v) is 4.60. The molecule has 0 unspecified atom stereocenters. The number of carbonyl (C=O) groups is 2. The minimum Gasteiger partial charge on any atom is -0.325 e. The van der Waals surface area contributed by atoms with E-state index in [1.54, 1.807) is 36.4 Å². The van der Waals surface area contributed by atoms with Crippen molar-refractivity contribution in [3.05, 3.63) is 63.6 Å². The number of hydrogen-bond acceptors (Lipinski definition) is 3. The Morgan fingerprint density at radius 3 is 2.52 bits per heavy atom. The zero-order valence-corrected chi connectivity index (χ0v) is 15.9. The highest BCUT2D eigenvalue weighted by molar-refractivity contribution is 6.35. The smallest absolute Gasteiger partial charge is 0.241 e. The Bertz CT molecular complexity index is 793. The van der Waals surface area contributed by atoms with E-state index < -0.39 is 0 Å². The Morgan fingerprint density at radius 1 is 1.16 bits per heavy atom. The number of likely N-dealkylation sites (N-methyl/N-ethyl adjacent to an activating group) is 1. The maximum Gasteiger partial charge on any atom is 0.241 e. The molecule has 0 radical (unpaired) electrons. The minimum absolute atomic E-state index is 0.0429. The van der Waals surface area contributed by atoms with Gasteiger partial charge in [-0.2, -0.15) is 0 Å². The van der Waals surface area contributed by atoms with E-state index in [1.165, 1.54) is 6.92 Å². The van der Waals surface area contributed by atoms with Crippen molar-refractivity contribution in [2.75, 3.05) is 12.4 Å². The van der Waals surface area contributed by atoms with Gasteiger partial charge >= 0.3 is 0 Å². The number of anilines is 1. The van der Waals surface area contributed by atoms with Crippen LogP contribution in [0.15, 0.2) is 42.5 Å². The first-order valence-corrected chi connectivity index (χ1v) is 8.59. The molecular weight excluding hydrogens is 359 g/mol. The zero-order chi connectivity index (χ0) is 18.6. The Balaban J connectivity index is 2.03. The molecule has 0 bridgehead atoms. The van der Waals surface area contributed by atoms with Gasteiger partial charge in [-0.1, -0.05) is 41.4 Å². The summed E-state index contributed by atoms with van der Waals surface area (Å²) in [6, 6.07) is 11.8. The lowest BCUT2D eigenvalue weighted by Gasteiger charge is -2.24. The first kappa shape index (κ1) is 19.4. The number of nitrogens with zero attached hydrogens (tertiary/aromatic N) is 1. The van der Waals surface area contributed by atoms with Crippen LogP contribution in [0.2, 0.25) is 10.0 Å². The van der Waals surface area contributed by atoms with E-state index in [-0.39, 0.29) is 17.7 Å². The van der Waals surface area contributed by atoms with E-state index in [9.17, 15) is 9.59 Å². The second-order valence-electron chi connectivity index (χ2n) is 5.95. The van der Waals surface area contributed by atoms with Gasteiger partial charge in [0.05, 0.1) is 6.04 Å². The summed E-state index contributed by atoms with van der Waals surface area (Å²) in [6.07, 6.45) is 0. The van der Waals surface area contributed by atoms with Crippen molar-refractivity contribution in [3.8, 4) is 0 Å². The third kappa shape index (κ3) is 5.30. The number of ketones is 1. The quantitative estimate of drug-likeness (QED) is 0.743. The van der Waals surface area contributed by atoms with Crippen LogP contribution in [-0.2, 0) is 11.3 Å². The zero-order valence-electron chi connectivity index (χ0n) is 14.3. The Hall–Kier alpha value is -1.88. The molecule has 0 spiro atoms. The molecule has 0 heterocycles. The van der Waals surface area contributed by atoms with E-state index in [4.69, 9.17) is 23.2 Å². The molecule has 0 saturated carbocycles. The van der Waals surface area contributed by atoms with Crippen molar-refractivity contribution in [1.29, 1.82) is 0 Å². The topological polar surface area (TPSA) is 49.4 Å². The van der Waals surface area contributed by atoms with Gasteiger partial charge in [-0.25, -0.2) is 0 Å². The maximum atomic E-state index is 12.5. The fourth-order valence-corrected chi connectivity index (χ4v) is 2.79. The van der Waals surface area contributed by atoms with Crippen LogP contribution >= 0.6 is 23.2 Å². The normalized spacial score (nSPS) is 12.1. The second kappa shape index (κ2) is 8.48. The van der Waals surface area contributed by atoms with Crippen LogP contribution < -0.4 is 5.32 Å². The van der Waals surface area contributed by atoms with Gasteiger partial charge in [0.25, 0.3) is 0 Å². The number of halogens is 2. The molecule has 2 aromatic rings. The molecule has 2 rings (SSSR count). The molecule has 4 nitrogen and oxygen atoms in total. The molecule has 1 N–H and O–H groups in total. The number of hydrogen-bond donors (Lipinski definition) is 1. The molecule has 6 heteroatoms. The fourth-order valence-electron chi connectivity index (χ4n) is 2.32. The summed E-state index contributed by atoms with van der Waals surface area (Å²) >= 11 is 12.1. The molecule has 1 amide bonds. The largest absolute Gasteiger partial charge is 0.325 e. The monoisotopic (exact) mass is 378 g/mol. The van der Waals surface area contributed by atoms with Crippen LogP contribution in [0.25, 0.3) is 0 Å². The molecule has 0 fully saturated rings. The van der Waals surface area contributed by atoms with Crippen molar-refractivity contribution >= 4 is 40.6 Å². The third-order valence-electron chi connectivity index (χ3n) is 4.01. The molecule has 0 aromatic heterocycles. The lowest BCUT2D eigenvalue weighted by molar-refractivity contribution is -0.120. The predicted octanol–water partition coefficient (Wildman–Crippen LogP) is 4.66. The Kier molecular flexibility index (Phi) is 6.59. The van der Waals surface area contributed by atoms with E-state index in [2.05, 4.69) is 5.32 Å². The average molecular weight is 379 g/mol. The first-order chi connectivity index (χ1) is 11.8. The van der Waals surface area contributed by atoms with Gasteiger partial charge in [0.1, 0.15) is 0 Å². The summed E-state index contributed by atoms with van der Waals surface area (Å²) < 4.78 is 0. The fraction of sp³-hybridized carbons (Fsp3) is 0.263. The molecule has 132 valence electrons. The molecule has 0 aliphatic heterocycles. The van der Waals surface area contributed by atoms with Gasteiger partial charge in [-0.15, -0.1) is 0 Å². The minimum atomic E-state index is -0.382. The van der Waals surface area contributed by atoms with Crippen LogP contribution in [0, 0.1) is 0 Å². The summed E-state index contributed by atoms with van der Waals surface area (Å²) in [6.45, 7) is 3.82. The average Bonchev–Trinajstić information content (AvgIpc) is 2.56. The first-order valence-electron chi connectivity index (χ1n) is 7.84. The molecule has 25 heavy (non-hydrogen) atoms. The molecule has 2 aromatic carbocycles. The van der Waals surface area contributed by atoms with Crippen LogP contribution in [0.3, 0.4) is 0 Å². The SMILES string of the molecule is CC(=O)c1cccc(NC(=O)[C@H](C)N(C)Cc2ccc(Cl)cc2Cl)c1. The summed E-state index contributed by atoms with van der Waals surface area (Å²) in [4.78, 5) is 25.8.